The van der Waals surface area contributed by atoms with Crippen LogP contribution in [0.4, 0.5) is 5.69 Å². The molecule has 1 aliphatic heterocycles. The van der Waals surface area contributed by atoms with Crippen LogP contribution in [0.3, 0.4) is 0 Å². The maximum Gasteiger partial charge on any atom is 0.236 e. The zero-order chi connectivity index (χ0) is 14.7. The Bertz CT molecular complexity index is 691. The standard InChI is InChI=1S/C16H12Cl2N2O/c17-12-7-4-8-13(18)15(12)20-14(16-19-9-10-21-16)11-5-2-1-3-6-11/h1-8H,9-10H2. The molecule has 0 radical (unpaired) electrons. The van der Waals surface area contributed by atoms with Crippen molar-refractivity contribution in [1.29, 1.82) is 0 Å². The van der Waals surface area contributed by atoms with Crippen molar-refractivity contribution in [2.45, 2.75) is 0 Å². The minimum absolute atomic E-state index is 0.495. The van der Waals surface area contributed by atoms with Crippen molar-refractivity contribution in [1.82, 2.24) is 0 Å². The van der Waals surface area contributed by atoms with Crippen molar-refractivity contribution in [2.24, 2.45) is 9.98 Å². The number of para-hydroxylation sites is 1. The van der Waals surface area contributed by atoms with Gasteiger partial charge in [-0.15, -0.1) is 0 Å². The van der Waals surface area contributed by atoms with Crippen LogP contribution in [0, 0.1) is 0 Å². The minimum Gasteiger partial charge on any atom is -0.474 e. The lowest BCUT2D eigenvalue weighted by atomic mass is 10.1. The van der Waals surface area contributed by atoms with Gasteiger partial charge in [-0.3, -0.25) is 0 Å². The summed E-state index contributed by atoms with van der Waals surface area (Å²) in [6.07, 6.45) is 0. The van der Waals surface area contributed by atoms with Gasteiger partial charge in [0.15, 0.2) is 0 Å². The molecule has 3 nitrogen and oxygen atoms in total. The lowest BCUT2D eigenvalue weighted by Crippen LogP contribution is -2.15. The Kier molecular flexibility index (Phi) is 4.23. The lowest BCUT2D eigenvalue weighted by molar-refractivity contribution is 0.353. The number of aliphatic imine (C=N–C) groups is 2. The molecule has 0 spiro atoms. The van der Waals surface area contributed by atoms with Gasteiger partial charge in [0.05, 0.1) is 16.6 Å². The summed E-state index contributed by atoms with van der Waals surface area (Å²) in [5.41, 5.74) is 2.08. The molecule has 1 aliphatic rings. The van der Waals surface area contributed by atoms with Crippen molar-refractivity contribution in [3.63, 3.8) is 0 Å². The molecule has 0 fully saturated rings. The minimum atomic E-state index is 0.495. The van der Waals surface area contributed by atoms with E-state index in [2.05, 4.69) is 9.98 Å². The summed E-state index contributed by atoms with van der Waals surface area (Å²) in [7, 11) is 0. The fourth-order valence-electron chi connectivity index (χ4n) is 2.02. The molecule has 21 heavy (non-hydrogen) atoms. The van der Waals surface area contributed by atoms with E-state index in [-0.39, 0.29) is 0 Å². The number of hydrogen-bond donors (Lipinski definition) is 0. The molecule has 3 rings (SSSR count). The number of halogens is 2. The fraction of sp³-hybridized carbons (Fsp3) is 0.125. The van der Waals surface area contributed by atoms with Crippen LogP contribution >= 0.6 is 23.2 Å². The predicted octanol–water partition coefficient (Wildman–Crippen LogP) is 4.54. The summed E-state index contributed by atoms with van der Waals surface area (Å²) in [6.45, 7) is 1.20. The number of hydrogen-bond acceptors (Lipinski definition) is 3. The fourth-order valence-corrected chi connectivity index (χ4v) is 2.50. The Hall–Kier alpha value is -1.84. The molecule has 0 aromatic heterocycles. The SMILES string of the molecule is Clc1cccc(Cl)c1N=C(C1=NCCO1)c1ccccc1. The van der Waals surface area contributed by atoms with Crippen LogP contribution in [0.15, 0.2) is 58.5 Å². The first-order chi connectivity index (χ1) is 10.3. The van der Waals surface area contributed by atoms with Crippen LogP contribution in [0.25, 0.3) is 0 Å². The zero-order valence-corrected chi connectivity index (χ0v) is 12.6. The van der Waals surface area contributed by atoms with Gasteiger partial charge in [-0.2, -0.15) is 0 Å². The average Bonchev–Trinajstić information content (AvgIpc) is 3.02. The van der Waals surface area contributed by atoms with E-state index >= 15 is 0 Å². The Morgan fingerprint density at radius 1 is 1.00 bits per heavy atom. The first-order valence-electron chi connectivity index (χ1n) is 6.51. The Morgan fingerprint density at radius 2 is 1.71 bits per heavy atom. The Labute approximate surface area is 132 Å². The van der Waals surface area contributed by atoms with Gasteiger partial charge in [-0.1, -0.05) is 59.6 Å². The molecule has 0 N–H and O–H groups in total. The Balaban J connectivity index is 2.13. The summed E-state index contributed by atoms with van der Waals surface area (Å²) in [6, 6.07) is 15.0. The van der Waals surface area contributed by atoms with Gasteiger partial charge >= 0.3 is 0 Å². The van der Waals surface area contributed by atoms with Crippen LogP contribution < -0.4 is 0 Å². The van der Waals surface area contributed by atoms with E-state index in [1.54, 1.807) is 18.2 Å². The van der Waals surface area contributed by atoms with E-state index in [4.69, 9.17) is 27.9 Å². The molecule has 0 amide bonds. The predicted molar refractivity (Wildman–Crippen MR) is 87.4 cm³/mol. The molecule has 5 heteroatoms. The topological polar surface area (TPSA) is 34.0 Å². The first-order valence-corrected chi connectivity index (χ1v) is 7.27. The van der Waals surface area contributed by atoms with Gasteiger partial charge in [0.1, 0.15) is 18.0 Å². The number of ether oxygens (including phenoxy) is 1. The number of rotatable bonds is 3. The quantitative estimate of drug-likeness (QED) is 0.765. The lowest BCUT2D eigenvalue weighted by Gasteiger charge is -2.08. The third kappa shape index (κ3) is 3.09. The van der Waals surface area contributed by atoms with E-state index in [1.165, 1.54) is 0 Å². The largest absolute Gasteiger partial charge is 0.474 e. The second kappa shape index (κ2) is 6.29. The van der Waals surface area contributed by atoms with E-state index in [9.17, 15) is 0 Å². The zero-order valence-electron chi connectivity index (χ0n) is 11.1. The molecule has 0 unspecified atom stereocenters. The third-order valence-electron chi connectivity index (χ3n) is 3.00. The van der Waals surface area contributed by atoms with Crippen molar-refractivity contribution in [3.05, 3.63) is 64.1 Å². The molecule has 0 aliphatic carbocycles. The van der Waals surface area contributed by atoms with Crippen molar-refractivity contribution < 1.29 is 4.74 Å². The van der Waals surface area contributed by atoms with Gasteiger partial charge in [0.2, 0.25) is 5.90 Å². The van der Waals surface area contributed by atoms with Crippen LogP contribution in [0.5, 0.6) is 0 Å². The second-order valence-corrected chi connectivity index (χ2v) is 5.25. The molecule has 0 atom stereocenters. The molecule has 0 bridgehead atoms. The highest BCUT2D eigenvalue weighted by molar-refractivity contribution is 6.47. The normalized spacial score (nSPS) is 14.8. The highest BCUT2D eigenvalue weighted by Gasteiger charge is 2.18. The van der Waals surface area contributed by atoms with Gasteiger partial charge in [0, 0.05) is 5.56 Å². The van der Waals surface area contributed by atoms with E-state index in [1.807, 2.05) is 30.3 Å². The summed E-state index contributed by atoms with van der Waals surface area (Å²) >= 11 is 12.4. The van der Waals surface area contributed by atoms with Crippen LogP contribution in [-0.4, -0.2) is 24.8 Å². The molecule has 0 saturated carbocycles. The average molecular weight is 319 g/mol. The van der Waals surface area contributed by atoms with Crippen molar-refractivity contribution >= 4 is 40.5 Å². The molecule has 0 saturated heterocycles. The van der Waals surface area contributed by atoms with Crippen LogP contribution in [0.2, 0.25) is 10.0 Å². The van der Waals surface area contributed by atoms with Gasteiger partial charge < -0.3 is 4.74 Å². The van der Waals surface area contributed by atoms with E-state index in [0.29, 0.717) is 40.5 Å². The maximum absolute atomic E-state index is 6.20. The van der Waals surface area contributed by atoms with Crippen molar-refractivity contribution in [2.75, 3.05) is 13.2 Å². The second-order valence-electron chi connectivity index (χ2n) is 4.43. The molecule has 106 valence electrons. The van der Waals surface area contributed by atoms with Gasteiger partial charge in [-0.05, 0) is 12.1 Å². The van der Waals surface area contributed by atoms with Crippen LogP contribution in [0.1, 0.15) is 5.56 Å². The van der Waals surface area contributed by atoms with Crippen LogP contribution in [-0.2, 0) is 4.74 Å². The molecule has 2 aromatic rings. The number of benzene rings is 2. The Morgan fingerprint density at radius 3 is 2.33 bits per heavy atom. The van der Waals surface area contributed by atoms with Crippen molar-refractivity contribution in [3.8, 4) is 0 Å². The van der Waals surface area contributed by atoms with Gasteiger partial charge in [-0.25, -0.2) is 9.98 Å². The van der Waals surface area contributed by atoms with Gasteiger partial charge in [0.25, 0.3) is 0 Å². The highest BCUT2D eigenvalue weighted by Crippen LogP contribution is 2.33. The van der Waals surface area contributed by atoms with E-state index in [0.717, 1.165) is 5.56 Å². The third-order valence-corrected chi connectivity index (χ3v) is 3.61. The van der Waals surface area contributed by atoms with E-state index < -0.39 is 0 Å². The molecular formula is C16H12Cl2N2O. The summed E-state index contributed by atoms with van der Waals surface area (Å²) in [5, 5.41) is 0.990. The summed E-state index contributed by atoms with van der Waals surface area (Å²) in [5.74, 6) is 0.525. The maximum atomic E-state index is 6.20. The molecule has 2 aromatic carbocycles. The summed E-state index contributed by atoms with van der Waals surface area (Å²) < 4.78 is 5.55. The monoisotopic (exact) mass is 318 g/mol. The first kappa shape index (κ1) is 14.1. The highest BCUT2D eigenvalue weighted by atomic mass is 35.5. The smallest absolute Gasteiger partial charge is 0.236 e. The summed E-state index contributed by atoms with van der Waals surface area (Å²) in [4.78, 5) is 8.95. The molecule has 1 heterocycles. The molecular weight excluding hydrogens is 307 g/mol. The number of nitrogens with zero attached hydrogens (tertiary/aromatic N) is 2.